The maximum Gasteiger partial charge on any atom is 0.0604 e. The lowest BCUT2D eigenvalue weighted by Crippen LogP contribution is -2.51. The molecule has 4 aliphatic rings. The summed E-state index contributed by atoms with van der Waals surface area (Å²) in [5.41, 5.74) is 0. The highest BCUT2D eigenvalue weighted by Gasteiger charge is 2.45. The zero-order valence-corrected chi connectivity index (χ0v) is 14.7. The molecule has 4 rings (SSSR count). The normalized spacial score (nSPS) is 49.2. The summed E-state index contributed by atoms with van der Waals surface area (Å²) in [6.07, 6.45) is 11.5. The van der Waals surface area contributed by atoms with Gasteiger partial charge in [-0.1, -0.05) is 0 Å². The van der Waals surface area contributed by atoms with E-state index in [0.29, 0.717) is 6.17 Å². The van der Waals surface area contributed by atoms with Gasteiger partial charge in [0.1, 0.15) is 0 Å². The summed E-state index contributed by atoms with van der Waals surface area (Å²) in [5.74, 6) is 4.43. The molecule has 22 heavy (non-hydrogen) atoms. The van der Waals surface area contributed by atoms with Crippen molar-refractivity contribution in [3.8, 4) is 0 Å². The van der Waals surface area contributed by atoms with Crippen molar-refractivity contribution in [2.45, 2.75) is 49.9 Å². The van der Waals surface area contributed by atoms with Crippen molar-refractivity contribution in [3.05, 3.63) is 0 Å². The van der Waals surface area contributed by atoms with Gasteiger partial charge >= 0.3 is 0 Å². The third-order valence-electron chi connectivity index (χ3n) is 7.02. The first kappa shape index (κ1) is 15.7. The molecule has 2 N–H and O–H groups in total. The quantitative estimate of drug-likeness (QED) is 0.836. The van der Waals surface area contributed by atoms with E-state index in [1.54, 1.807) is 0 Å². The molecule has 126 valence electrons. The second-order valence-corrected chi connectivity index (χ2v) is 9.15. The Balaban J connectivity index is 1.36. The number of rotatable bonds is 3. The van der Waals surface area contributed by atoms with Gasteiger partial charge in [0.15, 0.2) is 0 Å². The molecule has 4 heteroatoms. The Morgan fingerprint density at radius 2 is 1.68 bits per heavy atom. The molecular formula is C18H32N2OS. The summed E-state index contributed by atoms with van der Waals surface area (Å²) < 4.78 is 5.67. The molecule has 3 aliphatic heterocycles. The van der Waals surface area contributed by atoms with Crippen molar-refractivity contribution in [1.29, 1.82) is 0 Å². The van der Waals surface area contributed by atoms with Crippen LogP contribution in [0.5, 0.6) is 0 Å². The second kappa shape index (κ2) is 7.00. The summed E-state index contributed by atoms with van der Waals surface area (Å²) in [4.78, 5) is 0. The fraction of sp³-hybridized carbons (Fsp3) is 1.00. The van der Waals surface area contributed by atoms with E-state index in [-0.39, 0.29) is 0 Å². The Bertz CT molecular complexity index is 366. The zero-order valence-electron chi connectivity index (χ0n) is 13.9. The van der Waals surface area contributed by atoms with Crippen LogP contribution >= 0.6 is 11.8 Å². The van der Waals surface area contributed by atoms with Gasteiger partial charge in [-0.25, -0.2) is 0 Å². The molecule has 5 atom stereocenters. The van der Waals surface area contributed by atoms with Crippen LogP contribution in [0.4, 0.5) is 0 Å². The highest BCUT2D eigenvalue weighted by atomic mass is 32.2. The summed E-state index contributed by atoms with van der Waals surface area (Å²) in [5, 5.41) is 8.55. The van der Waals surface area contributed by atoms with E-state index < -0.39 is 0 Å². The van der Waals surface area contributed by atoms with E-state index in [1.807, 2.05) is 0 Å². The van der Waals surface area contributed by atoms with Gasteiger partial charge in [-0.3, -0.25) is 0 Å². The first-order chi connectivity index (χ1) is 10.8. The first-order valence-electron chi connectivity index (χ1n) is 9.42. The molecule has 3 nitrogen and oxygen atoms in total. The second-order valence-electron chi connectivity index (χ2n) is 8.01. The Morgan fingerprint density at radius 1 is 0.864 bits per heavy atom. The third-order valence-corrected chi connectivity index (χ3v) is 8.15. The van der Waals surface area contributed by atoms with Gasteiger partial charge in [0.2, 0.25) is 0 Å². The van der Waals surface area contributed by atoms with Crippen molar-refractivity contribution < 1.29 is 4.74 Å². The highest BCUT2D eigenvalue weighted by Crippen LogP contribution is 2.43. The fourth-order valence-electron chi connectivity index (χ4n) is 5.62. The average Bonchev–Trinajstić information content (AvgIpc) is 3.23. The summed E-state index contributed by atoms with van der Waals surface area (Å²) >= 11 is 2.09. The smallest absolute Gasteiger partial charge is 0.0604 e. The van der Waals surface area contributed by atoms with E-state index in [0.717, 1.165) is 48.1 Å². The Morgan fingerprint density at radius 3 is 2.41 bits per heavy atom. The Kier molecular flexibility index (Phi) is 5.01. The predicted octanol–water partition coefficient (Wildman–Crippen LogP) is 2.72. The molecule has 3 saturated heterocycles. The monoisotopic (exact) mass is 324 g/mol. The van der Waals surface area contributed by atoms with E-state index >= 15 is 0 Å². The molecule has 0 bridgehead atoms. The first-order valence-corrected chi connectivity index (χ1v) is 10.7. The van der Waals surface area contributed by atoms with E-state index in [9.17, 15) is 0 Å². The number of hydrogen-bond acceptors (Lipinski definition) is 4. The minimum Gasteiger partial charge on any atom is -0.381 e. The van der Waals surface area contributed by atoms with Crippen LogP contribution in [0.2, 0.25) is 0 Å². The molecule has 0 aromatic carbocycles. The van der Waals surface area contributed by atoms with Crippen LogP contribution in [0.15, 0.2) is 0 Å². The lowest BCUT2D eigenvalue weighted by Gasteiger charge is -2.41. The number of ether oxygens (including phenoxy) is 1. The maximum absolute atomic E-state index is 5.67. The number of fused-ring (bicyclic) bond motifs is 1. The van der Waals surface area contributed by atoms with Gasteiger partial charge in [0.05, 0.1) is 6.17 Å². The molecule has 5 unspecified atom stereocenters. The van der Waals surface area contributed by atoms with Crippen LogP contribution < -0.4 is 10.6 Å². The molecule has 0 amide bonds. The van der Waals surface area contributed by atoms with Crippen molar-refractivity contribution in [3.63, 3.8) is 0 Å². The Hall–Kier alpha value is 0.230. The third kappa shape index (κ3) is 3.09. The van der Waals surface area contributed by atoms with Gasteiger partial charge in [-0.05, 0) is 80.9 Å². The molecule has 0 aromatic heterocycles. The molecule has 0 radical (unpaired) electrons. The van der Waals surface area contributed by atoms with E-state index in [4.69, 9.17) is 4.74 Å². The van der Waals surface area contributed by atoms with Gasteiger partial charge in [0, 0.05) is 25.0 Å². The van der Waals surface area contributed by atoms with Gasteiger partial charge in [-0.15, -0.1) is 0 Å². The summed E-state index contributed by atoms with van der Waals surface area (Å²) in [7, 11) is 0. The van der Waals surface area contributed by atoms with Crippen molar-refractivity contribution in [1.82, 2.24) is 10.6 Å². The minimum absolute atomic E-state index is 0.587. The number of hydrogen-bond donors (Lipinski definition) is 2. The van der Waals surface area contributed by atoms with Crippen LogP contribution in [0.3, 0.4) is 0 Å². The van der Waals surface area contributed by atoms with Crippen LogP contribution in [-0.4, -0.2) is 44.0 Å². The summed E-state index contributed by atoms with van der Waals surface area (Å²) in [6.45, 7) is 4.46. The molecular weight excluding hydrogens is 292 g/mol. The van der Waals surface area contributed by atoms with Gasteiger partial charge in [-0.2, -0.15) is 11.8 Å². The molecule has 4 fully saturated rings. The average molecular weight is 325 g/mol. The highest BCUT2D eigenvalue weighted by molar-refractivity contribution is 7.99. The van der Waals surface area contributed by atoms with E-state index in [1.165, 1.54) is 51.6 Å². The van der Waals surface area contributed by atoms with Gasteiger partial charge < -0.3 is 15.4 Å². The predicted molar refractivity (Wildman–Crippen MR) is 93.1 cm³/mol. The summed E-state index contributed by atoms with van der Waals surface area (Å²) in [6, 6.07) is 0. The standard InChI is InChI=1S/C18H32N2OS/c1-22-15-4-2-12(3-5-15)14-8-16-17(13-6-7-21-11-13)10-20-18(16)19-9-14/h12-20H,2-11H2,1H3. The molecule has 0 spiro atoms. The Labute approximate surface area is 139 Å². The van der Waals surface area contributed by atoms with E-state index in [2.05, 4.69) is 28.7 Å². The van der Waals surface area contributed by atoms with Crippen LogP contribution in [0.1, 0.15) is 38.5 Å². The number of nitrogens with one attached hydrogen (secondary N) is 2. The lowest BCUT2D eigenvalue weighted by molar-refractivity contribution is 0.107. The number of piperidine rings is 1. The molecule has 3 heterocycles. The SMILES string of the molecule is CSC1CCC(C2CNC3NCC(C4CCOC4)C3C2)CC1. The minimum atomic E-state index is 0.587. The fourth-order valence-corrected chi connectivity index (χ4v) is 6.36. The molecule has 1 aliphatic carbocycles. The van der Waals surface area contributed by atoms with Crippen molar-refractivity contribution >= 4 is 11.8 Å². The molecule has 0 aromatic rings. The lowest BCUT2D eigenvalue weighted by atomic mass is 9.70. The molecule has 1 saturated carbocycles. The van der Waals surface area contributed by atoms with Gasteiger partial charge in [0.25, 0.3) is 0 Å². The van der Waals surface area contributed by atoms with Crippen LogP contribution in [0.25, 0.3) is 0 Å². The zero-order chi connectivity index (χ0) is 14.9. The van der Waals surface area contributed by atoms with Crippen LogP contribution in [0, 0.1) is 29.6 Å². The topological polar surface area (TPSA) is 33.3 Å². The number of thioether (sulfide) groups is 1. The van der Waals surface area contributed by atoms with Crippen molar-refractivity contribution in [2.24, 2.45) is 29.6 Å². The van der Waals surface area contributed by atoms with Crippen LogP contribution in [-0.2, 0) is 4.74 Å². The van der Waals surface area contributed by atoms with Crippen molar-refractivity contribution in [2.75, 3.05) is 32.6 Å². The largest absolute Gasteiger partial charge is 0.381 e. The maximum atomic E-state index is 5.67.